The maximum absolute atomic E-state index is 9.85. The van der Waals surface area contributed by atoms with Gasteiger partial charge in [-0.1, -0.05) is 39.9 Å². The van der Waals surface area contributed by atoms with Crippen LogP contribution in [0.5, 0.6) is 0 Å². The Kier molecular flexibility index (Phi) is 4.33. The summed E-state index contributed by atoms with van der Waals surface area (Å²) in [5, 5.41) is 9.85. The third-order valence-corrected chi connectivity index (χ3v) is 4.51. The summed E-state index contributed by atoms with van der Waals surface area (Å²) >= 11 is 0. The van der Waals surface area contributed by atoms with Crippen molar-refractivity contribution < 1.29 is 5.11 Å². The summed E-state index contributed by atoms with van der Waals surface area (Å²) in [6, 6.07) is 0. The summed E-state index contributed by atoms with van der Waals surface area (Å²) < 4.78 is 0. The zero-order valence-corrected chi connectivity index (χ0v) is 9.52. The fraction of sp³-hybridized carbons (Fsp3) is 1.00. The van der Waals surface area contributed by atoms with Gasteiger partial charge in [-0.3, -0.25) is 0 Å². The normalized spacial score (nSPS) is 18.0. The molecule has 0 aromatic rings. The van der Waals surface area contributed by atoms with Crippen LogP contribution in [0, 0.1) is 5.92 Å². The molecule has 0 unspecified atom stereocenters. The van der Waals surface area contributed by atoms with Crippen molar-refractivity contribution in [3.05, 3.63) is 0 Å². The average molecular weight is 174 g/mol. The first-order chi connectivity index (χ1) is 4.89. The van der Waals surface area contributed by atoms with Crippen LogP contribution >= 0.6 is 0 Å². The van der Waals surface area contributed by atoms with Gasteiger partial charge >= 0.3 is 0 Å². The first-order valence-electron chi connectivity index (χ1n) is 4.57. The second-order valence-corrected chi connectivity index (χ2v) is 9.90. The predicted molar refractivity (Wildman–Crippen MR) is 53.4 cm³/mol. The quantitative estimate of drug-likeness (QED) is 0.650. The van der Waals surface area contributed by atoms with Crippen LogP contribution in [0.25, 0.3) is 0 Å². The topological polar surface area (TPSA) is 20.2 Å². The molecule has 68 valence electrons. The van der Waals surface area contributed by atoms with Gasteiger partial charge in [0.1, 0.15) is 0 Å². The molecular formula is C9H22OSi. The lowest BCUT2D eigenvalue weighted by atomic mass is 10.1. The van der Waals surface area contributed by atoms with E-state index < -0.39 is 8.07 Å². The minimum Gasteiger partial charge on any atom is -0.396 e. The number of aliphatic hydroxyl groups excluding tert-OH is 1. The van der Waals surface area contributed by atoms with E-state index in [0.717, 1.165) is 6.42 Å². The molecule has 0 aliphatic carbocycles. The van der Waals surface area contributed by atoms with Gasteiger partial charge in [-0.05, 0) is 12.3 Å². The Balaban J connectivity index is 3.91. The van der Waals surface area contributed by atoms with Gasteiger partial charge in [-0.2, -0.15) is 0 Å². The number of hydrogen-bond donors (Lipinski definition) is 1. The predicted octanol–water partition coefficient (Wildman–Crippen LogP) is 2.66. The van der Waals surface area contributed by atoms with Crippen molar-refractivity contribution in [3.8, 4) is 0 Å². The lowest BCUT2D eigenvalue weighted by molar-refractivity contribution is 0.176. The molecule has 0 rings (SSSR count). The van der Waals surface area contributed by atoms with Gasteiger partial charge in [0.15, 0.2) is 0 Å². The van der Waals surface area contributed by atoms with E-state index in [1.165, 1.54) is 6.42 Å². The van der Waals surface area contributed by atoms with Crippen LogP contribution in [0.1, 0.15) is 26.7 Å². The Bertz CT molecular complexity index is 107. The molecule has 0 aromatic carbocycles. The van der Waals surface area contributed by atoms with Crippen LogP contribution in [0.4, 0.5) is 0 Å². The van der Waals surface area contributed by atoms with Crippen molar-refractivity contribution in [2.75, 3.05) is 0 Å². The number of rotatable bonds is 4. The van der Waals surface area contributed by atoms with Gasteiger partial charge < -0.3 is 5.11 Å². The fourth-order valence-corrected chi connectivity index (χ4v) is 3.34. The summed E-state index contributed by atoms with van der Waals surface area (Å²) in [6.07, 6.45) is 2.34. The lowest BCUT2D eigenvalue weighted by Crippen LogP contribution is -2.42. The molecule has 1 N–H and O–H groups in total. The Hall–Kier alpha value is 0.177. The average Bonchev–Trinajstić information content (AvgIpc) is 1.85. The smallest absolute Gasteiger partial charge is 0.0785 e. The molecule has 0 bridgehead atoms. The van der Waals surface area contributed by atoms with E-state index in [0.29, 0.717) is 5.92 Å². The van der Waals surface area contributed by atoms with E-state index in [1.807, 2.05) is 0 Å². The first-order valence-corrected chi connectivity index (χ1v) is 8.15. The Morgan fingerprint density at radius 1 is 1.27 bits per heavy atom. The van der Waals surface area contributed by atoms with Crippen molar-refractivity contribution in [3.63, 3.8) is 0 Å². The Labute approximate surface area is 71.8 Å². The highest BCUT2D eigenvalue weighted by Gasteiger charge is 2.28. The monoisotopic (exact) mass is 174 g/mol. The summed E-state index contributed by atoms with van der Waals surface area (Å²) in [4.78, 5) is 0. The summed E-state index contributed by atoms with van der Waals surface area (Å²) in [7, 11) is -1.31. The maximum Gasteiger partial charge on any atom is 0.0785 e. The van der Waals surface area contributed by atoms with Gasteiger partial charge in [-0.25, -0.2) is 0 Å². The van der Waals surface area contributed by atoms with Crippen LogP contribution in [0.2, 0.25) is 19.6 Å². The van der Waals surface area contributed by atoms with Gasteiger partial charge in [0.25, 0.3) is 0 Å². The third-order valence-electron chi connectivity index (χ3n) is 2.17. The molecule has 0 aliphatic rings. The van der Waals surface area contributed by atoms with Crippen molar-refractivity contribution in [2.45, 2.75) is 52.1 Å². The van der Waals surface area contributed by atoms with Crippen molar-refractivity contribution in [1.29, 1.82) is 0 Å². The standard InChI is InChI=1S/C9H22OSi/c1-6-7-8(2)9(10)11(3,4)5/h8-10H,6-7H2,1-5H3/t8-,9+/m0/s1. The van der Waals surface area contributed by atoms with Crippen molar-refractivity contribution in [2.24, 2.45) is 5.92 Å². The second-order valence-electron chi connectivity index (χ2n) is 4.58. The van der Waals surface area contributed by atoms with Gasteiger partial charge in [0, 0.05) is 5.73 Å². The second kappa shape index (κ2) is 4.26. The zero-order chi connectivity index (χ0) is 9.07. The van der Waals surface area contributed by atoms with E-state index in [2.05, 4.69) is 33.5 Å². The zero-order valence-electron chi connectivity index (χ0n) is 8.52. The molecule has 11 heavy (non-hydrogen) atoms. The van der Waals surface area contributed by atoms with Crippen LogP contribution < -0.4 is 0 Å². The van der Waals surface area contributed by atoms with Crippen LogP contribution in [0.3, 0.4) is 0 Å². The van der Waals surface area contributed by atoms with Gasteiger partial charge in [0.2, 0.25) is 0 Å². The minimum atomic E-state index is -1.31. The van der Waals surface area contributed by atoms with Crippen molar-refractivity contribution in [1.82, 2.24) is 0 Å². The minimum absolute atomic E-state index is 0.0255. The molecule has 1 nitrogen and oxygen atoms in total. The molecule has 0 aromatic heterocycles. The molecular weight excluding hydrogens is 152 g/mol. The molecule has 2 atom stereocenters. The van der Waals surface area contributed by atoms with Crippen LogP contribution in [0.15, 0.2) is 0 Å². The fourth-order valence-electron chi connectivity index (χ4n) is 1.47. The van der Waals surface area contributed by atoms with Gasteiger partial charge in [-0.15, -0.1) is 0 Å². The van der Waals surface area contributed by atoms with Gasteiger partial charge in [0.05, 0.1) is 8.07 Å². The highest BCUT2D eigenvalue weighted by atomic mass is 28.3. The number of hydrogen-bond acceptors (Lipinski definition) is 1. The molecule has 0 fully saturated rings. The molecule has 0 saturated heterocycles. The number of aliphatic hydroxyl groups is 1. The maximum atomic E-state index is 9.85. The summed E-state index contributed by atoms with van der Waals surface area (Å²) in [5.74, 6) is 0.492. The highest BCUT2D eigenvalue weighted by molar-refractivity contribution is 6.77. The lowest BCUT2D eigenvalue weighted by Gasteiger charge is -2.29. The largest absolute Gasteiger partial charge is 0.396 e. The summed E-state index contributed by atoms with van der Waals surface area (Å²) in [6.45, 7) is 11.0. The van der Waals surface area contributed by atoms with E-state index in [1.54, 1.807) is 0 Å². The molecule has 0 heterocycles. The SMILES string of the molecule is CCC[C@H](C)[C@H](O)[Si](C)(C)C. The van der Waals surface area contributed by atoms with E-state index >= 15 is 0 Å². The molecule has 0 spiro atoms. The Morgan fingerprint density at radius 3 is 2.00 bits per heavy atom. The van der Waals surface area contributed by atoms with Crippen LogP contribution in [-0.4, -0.2) is 18.9 Å². The van der Waals surface area contributed by atoms with E-state index in [9.17, 15) is 5.11 Å². The molecule has 0 saturated carbocycles. The molecule has 0 radical (unpaired) electrons. The molecule has 2 heteroatoms. The summed E-state index contributed by atoms with van der Waals surface area (Å²) in [5.41, 5.74) is -0.0255. The Morgan fingerprint density at radius 2 is 1.73 bits per heavy atom. The highest BCUT2D eigenvalue weighted by Crippen LogP contribution is 2.19. The first kappa shape index (κ1) is 11.2. The molecule has 0 amide bonds. The van der Waals surface area contributed by atoms with Crippen LogP contribution in [-0.2, 0) is 0 Å². The molecule has 0 aliphatic heterocycles. The van der Waals surface area contributed by atoms with Crippen molar-refractivity contribution >= 4 is 8.07 Å². The van der Waals surface area contributed by atoms with E-state index in [4.69, 9.17) is 0 Å². The third kappa shape index (κ3) is 3.92. The van der Waals surface area contributed by atoms with E-state index in [-0.39, 0.29) is 5.73 Å².